The molecule has 0 radical (unpaired) electrons. The van der Waals surface area contributed by atoms with Gasteiger partial charge in [0, 0.05) is 17.3 Å². The van der Waals surface area contributed by atoms with E-state index in [4.69, 9.17) is 16.3 Å². The van der Waals surface area contributed by atoms with Crippen LogP contribution in [0.5, 0.6) is 0 Å². The first kappa shape index (κ1) is 15.0. The fraction of sp³-hybridized carbons (Fsp3) is 0.231. The lowest BCUT2D eigenvalue weighted by molar-refractivity contribution is -0.385. The highest BCUT2D eigenvalue weighted by Crippen LogP contribution is 2.23. The summed E-state index contributed by atoms with van der Waals surface area (Å²) in [5.74, 6) is -0.477. The molecule has 1 heterocycles. The zero-order chi connectivity index (χ0) is 15.4. The van der Waals surface area contributed by atoms with Gasteiger partial charge in [0.15, 0.2) is 0 Å². The molecule has 0 spiro atoms. The Balaban J connectivity index is 2.23. The number of halogens is 1. The van der Waals surface area contributed by atoms with Crippen molar-refractivity contribution in [3.05, 3.63) is 56.9 Å². The molecule has 0 saturated carbocycles. The summed E-state index contributed by atoms with van der Waals surface area (Å²) in [5, 5.41) is 15.3. The van der Waals surface area contributed by atoms with Gasteiger partial charge in [-0.25, -0.2) is 4.79 Å². The van der Waals surface area contributed by atoms with E-state index in [9.17, 15) is 14.9 Å². The van der Waals surface area contributed by atoms with Gasteiger partial charge in [-0.15, -0.1) is 0 Å². The maximum atomic E-state index is 11.5. The maximum absolute atomic E-state index is 11.5. The van der Waals surface area contributed by atoms with E-state index in [-0.39, 0.29) is 23.9 Å². The standard InChI is InChI=1S/C13H12ClN3O4/c1-2-21-13(18)10-6-15-16(8-10)7-9-3-4-11(14)5-12(9)17(19)20/h3-6,8H,2,7H2,1H3. The van der Waals surface area contributed by atoms with Crippen molar-refractivity contribution in [1.82, 2.24) is 9.78 Å². The molecule has 0 N–H and O–H groups in total. The van der Waals surface area contributed by atoms with Crippen molar-refractivity contribution >= 4 is 23.3 Å². The highest BCUT2D eigenvalue weighted by atomic mass is 35.5. The molecule has 2 rings (SSSR count). The Bertz CT molecular complexity index is 684. The second-order valence-electron chi connectivity index (χ2n) is 4.18. The van der Waals surface area contributed by atoms with E-state index in [2.05, 4.69) is 5.10 Å². The second-order valence-corrected chi connectivity index (χ2v) is 4.61. The zero-order valence-corrected chi connectivity index (χ0v) is 11.9. The zero-order valence-electron chi connectivity index (χ0n) is 11.2. The number of esters is 1. The lowest BCUT2D eigenvalue weighted by atomic mass is 10.2. The molecule has 0 amide bonds. The summed E-state index contributed by atoms with van der Waals surface area (Å²) < 4.78 is 6.28. The summed E-state index contributed by atoms with van der Waals surface area (Å²) in [6, 6.07) is 4.42. The minimum absolute atomic E-state index is 0.0873. The molecule has 110 valence electrons. The van der Waals surface area contributed by atoms with E-state index in [1.165, 1.54) is 23.1 Å². The Hall–Kier alpha value is -2.41. The normalized spacial score (nSPS) is 10.4. The molecule has 2 aromatic rings. The van der Waals surface area contributed by atoms with Crippen molar-refractivity contribution in [2.45, 2.75) is 13.5 Å². The Morgan fingerprint density at radius 3 is 2.95 bits per heavy atom. The van der Waals surface area contributed by atoms with Gasteiger partial charge in [0.25, 0.3) is 5.69 Å². The first-order chi connectivity index (χ1) is 10.0. The monoisotopic (exact) mass is 309 g/mol. The van der Waals surface area contributed by atoms with Crippen molar-refractivity contribution in [3.63, 3.8) is 0 Å². The van der Waals surface area contributed by atoms with Crippen LogP contribution in [-0.4, -0.2) is 27.3 Å². The van der Waals surface area contributed by atoms with Gasteiger partial charge in [0.2, 0.25) is 0 Å². The van der Waals surface area contributed by atoms with Crippen LogP contribution in [0.2, 0.25) is 5.02 Å². The van der Waals surface area contributed by atoms with Crippen LogP contribution in [0.3, 0.4) is 0 Å². The lowest BCUT2D eigenvalue weighted by Crippen LogP contribution is -2.05. The summed E-state index contributed by atoms with van der Waals surface area (Å²) >= 11 is 5.76. The predicted molar refractivity (Wildman–Crippen MR) is 75.4 cm³/mol. The Morgan fingerprint density at radius 2 is 2.29 bits per heavy atom. The summed E-state index contributed by atoms with van der Waals surface area (Å²) in [7, 11) is 0. The average Bonchev–Trinajstić information content (AvgIpc) is 2.89. The number of nitro benzene ring substituents is 1. The maximum Gasteiger partial charge on any atom is 0.341 e. The van der Waals surface area contributed by atoms with Crippen molar-refractivity contribution in [2.24, 2.45) is 0 Å². The molecular weight excluding hydrogens is 298 g/mol. The van der Waals surface area contributed by atoms with Crippen LogP contribution in [0, 0.1) is 10.1 Å². The van der Waals surface area contributed by atoms with Crippen molar-refractivity contribution in [3.8, 4) is 0 Å². The SMILES string of the molecule is CCOC(=O)c1cnn(Cc2ccc(Cl)cc2[N+](=O)[O-])c1. The molecule has 0 aliphatic heterocycles. The third-order valence-corrected chi connectivity index (χ3v) is 2.96. The first-order valence-corrected chi connectivity index (χ1v) is 6.51. The van der Waals surface area contributed by atoms with Crippen LogP contribution in [0.15, 0.2) is 30.6 Å². The highest BCUT2D eigenvalue weighted by Gasteiger charge is 2.16. The van der Waals surface area contributed by atoms with Gasteiger partial charge in [0.05, 0.1) is 35.4 Å². The first-order valence-electron chi connectivity index (χ1n) is 6.13. The fourth-order valence-corrected chi connectivity index (χ4v) is 1.95. The Morgan fingerprint density at radius 1 is 1.52 bits per heavy atom. The molecule has 0 atom stereocenters. The highest BCUT2D eigenvalue weighted by molar-refractivity contribution is 6.30. The molecule has 0 aliphatic carbocycles. The third-order valence-electron chi connectivity index (χ3n) is 2.72. The van der Waals surface area contributed by atoms with Crippen molar-refractivity contribution in [1.29, 1.82) is 0 Å². The molecule has 0 unspecified atom stereocenters. The molecule has 8 heteroatoms. The van der Waals surface area contributed by atoms with Gasteiger partial charge in [0.1, 0.15) is 0 Å². The van der Waals surface area contributed by atoms with E-state index in [0.29, 0.717) is 11.1 Å². The van der Waals surface area contributed by atoms with E-state index < -0.39 is 10.9 Å². The van der Waals surface area contributed by atoms with Crippen LogP contribution < -0.4 is 0 Å². The predicted octanol–water partition coefficient (Wildman–Crippen LogP) is 2.67. The molecule has 0 bridgehead atoms. The van der Waals surface area contributed by atoms with Crippen LogP contribution in [0.1, 0.15) is 22.8 Å². The van der Waals surface area contributed by atoms with Gasteiger partial charge in [-0.2, -0.15) is 5.10 Å². The van der Waals surface area contributed by atoms with Gasteiger partial charge in [-0.1, -0.05) is 11.6 Å². The van der Waals surface area contributed by atoms with Crippen molar-refractivity contribution < 1.29 is 14.5 Å². The number of nitro groups is 1. The molecular formula is C13H12ClN3O4. The van der Waals surface area contributed by atoms with Crippen LogP contribution >= 0.6 is 11.6 Å². The molecule has 1 aromatic heterocycles. The number of nitrogens with zero attached hydrogens (tertiary/aromatic N) is 3. The molecule has 0 aliphatic rings. The number of aromatic nitrogens is 2. The summed E-state index contributed by atoms with van der Waals surface area (Å²) in [4.78, 5) is 22.0. The summed E-state index contributed by atoms with van der Waals surface area (Å²) in [5.41, 5.74) is 0.659. The van der Waals surface area contributed by atoms with E-state index >= 15 is 0 Å². The number of carbonyl (C=O) groups excluding carboxylic acids is 1. The van der Waals surface area contributed by atoms with E-state index in [0.717, 1.165) is 0 Å². The minimum Gasteiger partial charge on any atom is -0.462 e. The smallest absolute Gasteiger partial charge is 0.341 e. The van der Waals surface area contributed by atoms with Crippen LogP contribution in [0.4, 0.5) is 5.69 Å². The van der Waals surface area contributed by atoms with Crippen molar-refractivity contribution in [2.75, 3.05) is 6.61 Å². The number of hydrogen-bond donors (Lipinski definition) is 0. The number of carbonyl (C=O) groups is 1. The molecule has 7 nitrogen and oxygen atoms in total. The van der Waals surface area contributed by atoms with Crippen LogP contribution in [-0.2, 0) is 11.3 Å². The number of rotatable bonds is 5. The quantitative estimate of drug-likeness (QED) is 0.481. The van der Waals surface area contributed by atoms with Crippen LogP contribution in [0.25, 0.3) is 0 Å². The molecule has 21 heavy (non-hydrogen) atoms. The van der Waals surface area contributed by atoms with Gasteiger partial charge >= 0.3 is 5.97 Å². The van der Waals surface area contributed by atoms with E-state index in [1.54, 1.807) is 19.1 Å². The van der Waals surface area contributed by atoms with Gasteiger partial charge in [-0.3, -0.25) is 14.8 Å². The lowest BCUT2D eigenvalue weighted by Gasteiger charge is -2.04. The Kier molecular flexibility index (Phi) is 4.54. The molecule has 0 saturated heterocycles. The third kappa shape index (κ3) is 3.57. The van der Waals surface area contributed by atoms with E-state index in [1.807, 2.05) is 0 Å². The topological polar surface area (TPSA) is 87.3 Å². The fourth-order valence-electron chi connectivity index (χ4n) is 1.79. The summed E-state index contributed by atoms with van der Waals surface area (Å²) in [6.45, 7) is 2.14. The number of ether oxygens (including phenoxy) is 1. The molecule has 1 aromatic carbocycles. The average molecular weight is 310 g/mol. The molecule has 0 fully saturated rings. The largest absolute Gasteiger partial charge is 0.462 e. The second kappa shape index (κ2) is 6.36. The summed E-state index contributed by atoms with van der Waals surface area (Å²) in [6.07, 6.45) is 2.84. The van der Waals surface area contributed by atoms with Gasteiger partial charge in [-0.05, 0) is 19.1 Å². The minimum atomic E-state index is -0.503. The van der Waals surface area contributed by atoms with Gasteiger partial charge < -0.3 is 4.74 Å². The number of hydrogen-bond acceptors (Lipinski definition) is 5. The number of benzene rings is 1. The Labute approximate surface area is 125 Å².